The third-order valence-electron chi connectivity index (χ3n) is 11.2. The number of unbranched alkanes of at least 4 members (excludes halogenated alkanes) is 2. The Hall–Kier alpha value is -6.61. The minimum absolute atomic E-state index is 0.0415. The van der Waals surface area contributed by atoms with Crippen molar-refractivity contribution in [2.24, 2.45) is 5.41 Å². The van der Waals surface area contributed by atoms with Crippen LogP contribution in [0.4, 0.5) is 0 Å². The van der Waals surface area contributed by atoms with E-state index in [0.29, 0.717) is 36.1 Å². The molecule has 3 aromatic carbocycles. The van der Waals surface area contributed by atoms with Gasteiger partial charge in [0.15, 0.2) is 0 Å². The Morgan fingerprint density at radius 1 is 0.471 bits per heavy atom. The van der Waals surface area contributed by atoms with E-state index in [9.17, 15) is 39.3 Å². The van der Waals surface area contributed by atoms with E-state index >= 15 is 0 Å². The fourth-order valence-corrected chi connectivity index (χ4v) is 6.81. The second-order valence-electron chi connectivity index (χ2n) is 17.4. The highest BCUT2D eigenvalue weighted by molar-refractivity contribution is 5.89. The molecule has 14 heteroatoms. The zero-order valence-corrected chi connectivity index (χ0v) is 41.1. The van der Waals surface area contributed by atoms with Crippen molar-refractivity contribution in [2.45, 2.75) is 85.0 Å². The number of esters is 5. The normalized spacial score (nSPS) is 10.9. The molecule has 0 aliphatic heterocycles. The molecule has 0 aromatic heterocycles. The van der Waals surface area contributed by atoms with E-state index in [1.165, 1.54) is 37.3 Å². The summed E-state index contributed by atoms with van der Waals surface area (Å²) in [6, 6.07) is 21.0. The predicted molar refractivity (Wildman–Crippen MR) is 267 cm³/mol. The number of ether oxygens (including phenoxy) is 6. The first-order valence-corrected chi connectivity index (χ1v) is 23.4. The van der Waals surface area contributed by atoms with E-state index in [1.807, 2.05) is 24.3 Å². The van der Waals surface area contributed by atoms with Crippen molar-refractivity contribution in [3.8, 4) is 16.9 Å². The van der Waals surface area contributed by atoms with Gasteiger partial charge in [0.05, 0.1) is 49.8 Å². The molecule has 70 heavy (non-hydrogen) atoms. The van der Waals surface area contributed by atoms with Crippen LogP contribution in [-0.4, -0.2) is 105 Å². The van der Waals surface area contributed by atoms with E-state index in [1.54, 1.807) is 6.92 Å². The molecule has 0 amide bonds. The summed E-state index contributed by atoms with van der Waals surface area (Å²) in [4.78, 5) is 63.3. The summed E-state index contributed by atoms with van der Waals surface area (Å²) in [5.41, 5.74) is 4.80. The summed E-state index contributed by atoms with van der Waals surface area (Å²) < 4.78 is 34.2. The van der Waals surface area contributed by atoms with Gasteiger partial charge in [-0.25, -0.2) is 24.0 Å². The summed E-state index contributed by atoms with van der Waals surface area (Å²) in [5, 5.41) is 28.6. The lowest BCUT2D eigenvalue weighted by Crippen LogP contribution is -2.44. The zero-order valence-electron chi connectivity index (χ0n) is 41.1. The second kappa shape index (κ2) is 30.1. The van der Waals surface area contributed by atoms with Crippen LogP contribution in [0, 0.1) is 5.41 Å². The molecular formula is C56H70O14. The van der Waals surface area contributed by atoms with Gasteiger partial charge < -0.3 is 43.7 Å². The standard InChI is InChI=1S/C56H70O14/c1-9-10-11-14-43-17-19-44(20-18-43)21-22-45-23-25-46(26-24-45)49-29-47(15-12-27-65-51(60)38(2)3)50(48(30-49)16-13-28-66-53(62)40(6)31-57)67-34-56(35-68-52(61)39(4)5,36-69-54(63)41(7)32-58)37-70-55(64)42(8)33-59/h17-20,23-26,29-30,57-59H,2,4,6-16,21-22,27-28,31-37H2,1,3,5H3. The van der Waals surface area contributed by atoms with E-state index in [2.05, 4.69) is 76.2 Å². The summed E-state index contributed by atoms with van der Waals surface area (Å²) in [5.74, 6) is -3.70. The molecular weight excluding hydrogens is 897 g/mol. The highest BCUT2D eigenvalue weighted by Crippen LogP contribution is 2.35. The number of hydrogen-bond acceptors (Lipinski definition) is 14. The van der Waals surface area contributed by atoms with Gasteiger partial charge in [0.1, 0.15) is 37.6 Å². The van der Waals surface area contributed by atoms with Crippen molar-refractivity contribution < 1.29 is 67.7 Å². The van der Waals surface area contributed by atoms with Crippen molar-refractivity contribution in [3.63, 3.8) is 0 Å². The smallest absolute Gasteiger partial charge is 0.335 e. The van der Waals surface area contributed by atoms with E-state index < -0.39 is 81.5 Å². The lowest BCUT2D eigenvalue weighted by atomic mass is 9.91. The van der Waals surface area contributed by atoms with Gasteiger partial charge in [-0.1, -0.05) is 101 Å². The quantitative estimate of drug-likeness (QED) is 0.0233. The van der Waals surface area contributed by atoms with Crippen LogP contribution in [0.2, 0.25) is 0 Å². The van der Waals surface area contributed by atoms with E-state index in [0.717, 1.165) is 36.0 Å². The van der Waals surface area contributed by atoms with Crippen molar-refractivity contribution in [3.05, 3.63) is 149 Å². The number of aliphatic hydroxyl groups excluding tert-OH is 3. The zero-order chi connectivity index (χ0) is 51.6. The molecule has 0 heterocycles. The van der Waals surface area contributed by atoms with Gasteiger partial charge in [0.25, 0.3) is 0 Å². The summed E-state index contributed by atoms with van der Waals surface area (Å²) in [6.07, 6.45) is 7.62. The first-order chi connectivity index (χ1) is 33.5. The van der Waals surface area contributed by atoms with Crippen molar-refractivity contribution in [1.82, 2.24) is 0 Å². The molecule has 3 aromatic rings. The first kappa shape index (κ1) is 57.7. The predicted octanol–water partition coefficient (Wildman–Crippen LogP) is 7.62. The summed E-state index contributed by atoms with van der Waals surface area (Å²) in [6.45, 7) is 19.0. The van der Waals surface area contributed by atoms with Crippen LogP contribution in [0.15, 0.2) is 121 Å². The molecule has 0 fully saturated rings. The molecule has 0 aliphatic rings. The van der Waals surface area contributed by atoms with Crippen LogP contribution in [0.5, 0.6) is 5.75 Å². The molecule has 3 rings (SSSR count). The Morgan fingerprint density at radius 3 is 1.29 bits per heavy atom. The maximum absolute atomic E-state index is 12.9. The number of carbonyl (C=O) groups excluding carboxylic acids is 5. The molecule has 0 aliphatic carbocycles. The molecule has 0 bridgehead atoms. The van der Waals surface area contributed by atoms with Gasteiger partial charge in [-0.2, -0.15) is 0 Å². The molecule has 3 N–H and O–H groups in total. The van der Waals surface area contributed by atoms with Gasteiger partial charge in [-0.15, -0.1) is 0 Å². The van der Waals surface area contributed by atoms with Crippen LogP contribution < -0.4 is 4.74 Å². The van der Waals surface area contributed by atoms with Gasteiger partial charge in [-0.3, -0.25) is 0 Å². The fourth-order valence-electron chi connectivity index (χ4n) is 6.81. The van der Waals surface area contributed by atoms with Crippen LogP contribution >= 0.6 is 0 Å². The largest absolute Gasteiger partial charge is 0.492 e. The molecule has 0 spiro atoms. The lowest BCUT2D eigenvalue weighted by Gasteiger charge is -2.33. The average molecular weight is 967 g/mol. The minimum Gasteiger partial charge on any atom is -0.492 e. The number of aliphatic hydroxyl groups is 3. The Morgan fingerprint density at radius 2 is 0.857 bits per heavy atom. The Balaban J connectivity index is 2.13. The molecule has 0 saturated heterocycles. The second-order valence-corrected chi connectivity index (χ2v) is 17.4. The van der Waals surface area contributed by atoms with Crippen LogP contribution in [0.1, 0.15) is 80.7 Å². The highest BCUT2D eigenvalue weighted by atomic mass is 16.6. The monoisotopic (exact) mass is 966 g/mol. The number of benzene rings is 3. The first-order valence-electron chi connectivity index (χ1n) is 23.4. The molecule has 14 nitrogen and oxygen atoms in total. The maximum Gasteiger partial charge on any atom is 0.335 e. The van der Waals surface area contributed by atoms with Crippen LogP contribution in [0.25, 0.3) is 11.1 Å². The van der Waals surface area contributed by atoms with E-state index in [4.69, 9.17) is 28.4 Å². The summed E-state index contributed by atoms with van der Waals surface area (Å²) >= 11 is 0. The molecule has 0 saturated carbocycles. The van der Waals surface area contributed by atoms with Crippen LogP contribution in [0.3, 0.4) is 0 Å². The van der Waals surface area contributed by atoms with Crippen molar-refractivity contribution in [2.75, 3.05) is 59.5 Å². The number of rotatable bonds is 33. The van der Waals surface area contributed by atoms with Gasteiger partial charge >= 0.3 is 29.8 Å². The molecule has 378 valence electrons. The fraction of sp³-hybridized carbons (Fsp3) is 0.411. The third-order valence-corrected chi connectivity index (χ3v) is 11.2. The van der Waals surface area contributed by atoms with Crippen LogP contribution in [-0.2, 0) is 79.8 Å². The summed E-state index contributed by atoms with van der Waals surface area (Å²) in [7, 11) is 0. The average Bonchev–Trinajstić information content (AvgIpc) is 3.37. The Kier molecular flexibility index (Phi) is 24.8. The van der Waals surface area contributed by atoms with Gasteiger partial charge in [-0.05, 0) is 116 Å². The molecule has 0 radical (unpaired) electrons. The number of aryl methyl sites for hydroxylation is 5. The Bertz CT molecular complexity index is 2270. The molecule has 0 atom stereocenters. The SMILES string of the molecule is C=C(C)C(=O)OCCCc1cc(-c2ccc(CCc3ccc(CCCCC)cc3)cc2)cc(CCCOC(=O)C(=C)CO)c1OCC(COC(=O)C(=C)C)(COC(=O)C(=C)CO)COC(=O)C(=C)CO. The number of hydrogen-bond donors (Lipinski definition) is 3. The topological polar surface area (TPSA) is 201 Å². The lowest BCUT2D eigenvalue weighted by molar-refractivity contribution is -0.160. The van der Waals surface area contributed by atoms with Gasteiger partial charge in [0.2, 0.25) is 0 Å². The Labute approximate surface area is 412 Å². The minimum atomic E-state index is -1.63. The number of carbonyl (C=O) groups is 5. The van der Waals surface area contributed by atoms with Gasteiger partial charge in [0, 0.05) is 11.1 Å². The van der Waals surface area contributed by atoms with Crippen molar-refractivity contribution >= 4 is 29.8 Å². The van der Waals surface area contributed by atoms with Crippen molar-refractivity contribution in [1.29, 1.82) is 0 Å². The molecule has 0 unspecified atom stereocenters. The maximum atomic E-state index is 12.9. The van der Waals surface area contributed by atoms with E-state index in [-0.39, 0.29) is 47.5 Å². The highest BCUT2D eigenvalue weighted by Gasteiger charge is 2.38. The third kappa shape index (κ3) is 19.4.